The van der Waals surface area contributed by atoms with Crippen molar-refractivity contribution in [1.82, 2.24) is 5.32 Å². The van der Waals surface area contributed by atoms with Gasteiger partial charge in [-0.05, 0) is 37.1 Å². The van der Waals surface area contributed by atoms with Gasteiger partial charge in [0.1, 0.15) is 0 Å². The SMILES string of the molecule is CCCNCc1ccc(SCCCOC)c(Cl)c1. The van der Waals surface area contributed by atoms with Crippen LogP contribution in [0.25, 0.3) is 0 Å². The number of hydrogen-bond donors (Lipinski definition) is 1. The average Bonchev–Trinajstić information content (AvgIpc) is 2.37. The number of methoxy groups -OCH3 is 1. The van der Waals surface area contributed by atoms with Gasteiger partial charge in [-0.1, -0.05) is 24.6 Å². The molecule has 0 atom stereocenters. The van der Waals surface area contributed by atoms with E-state index in [1.165, 1.54) is 5.56 Å². The van der Waals surface area contributed by atoms with Crippen molar-refractivity contribution < 1.29 is 4.74 Å². The first kappa shape index (κ1) is 15.8. The standard InChI is InChI=1S/C14H22ClNOS/c1-3-7-16-11-12-5-6-14(13(15)10-12)18-9-4-8-17-2/h5-6,10,16H,3-4,7-9,11H2,1-2H3. The van der Waals surface area contributed by atoms with Crippen LogP contribution in [0.5, 0.6) is 0 Å². The van der Waals surface area contributed by atoms with Gasteiger partial charge >= 0.3 is 0 Å². The van der Waals surface area contributed by atoms with Crippen LogP contribution in [-0.2, 0) is 11.3 Å². The quantitative estimate of drug-likeness (QED) is 0.548. The summed E-state index contributed by atoms with van der Waals surface area (Å²) >= 11 is 8.07. The fourth-order valence-electron chi connectivity index (χ4n) is 1.57. The molecule has 0 amide bonds. The third-order valence-corrected chi connectivity index (χ3v) is 4.09. The average molecular weight is 288 g/mol. The van der Waals surface area contributed by atoms with Crippen LogP contribution in [0.1, 0.15) is 25.3 Å². The molecule has 0 fully saturated rings. The molecule has 0 bridgehead atoms. The van der Waals surface area contributed by atoms with E-state index in [1.807, 2.05) is 0 Å². The molecule has 4 heteroatoms. The van der Waals surface area contributed by atoms with E-state index < -0.39 is 0 Å². The number of thioether (sulfide) groups is 1. The highest BCUT2D eigenvalue weighted by atomic mass is 35.5. The van der Waals surface area contributed by atoms with Gasteiger partial charge in [0.05, 0.1) is 5.02 Å². The molecule has 0 saturated carbocycles. The Labute approximate surface area is 119 Å². The van der Waals surface area contributed by atoms with Crippen molar-refractivity contribution in [3.05, 3.63) is 28.8 Å². The molecule has 0 unspecified atom stereocenters. The normalized spacial score (nSPS) is 10.8. The van der Waals surface area contributed by atoms with Gasteiger partial charge in [0, 0.05) is 30.9 Å². The summed E-state index contributed by atoms with van der Waals surface area (Å²) in [5.41, 5.74) is 1.25. The fraction of sp³-hybridized carbons (Fsp3) is 0.571. The minimum Gasteiger partial charge on any atom is -0.385 e. The van der Waals surface area contributed by atoms with Crippen molar-refractivity contribution in [2.24, 2.45) is 0 Å². The number of hydrogen-bond acceptors (Lipinski definition) is 3. The minimum atomic E-state index is 0.809. The molecule has 0 heterocycles. The molecular weight excluding hydrogens is 266 g/mol. The fourth-order valence-corrected chi connectivity index (χ4v) is 2.78. The summed E-state index contributed by atoms with van der Waals surface area (Å²) in [6.45, 7) is 4.91. The lowest BCUT2D eigenvalue weighted by atomic mass is 10.2. The van der Waals surface area contributed by atoms with Gasteiger partial charge in [0.2, 0.25) is 0 Å². The lowest BCUT2D eigenvalue weighted by Crippen LogP contribution is -2.13. The van der Waals surface area contributed by atoms with Crippen LogP contribution in [0.2, 0.25) is 5.02 Å². The number of halogens is 1. The predicted molar refractivity (Wildman–Crippen MR) is 80.7 cm³/mol. The number of benzene rings is 1. The van der Waals surface area contributed by atoms with Crippen molar-refractivity contribution >= 4 is 23.4 Å². The summed E-state index contributed by atoms with van der Waals surface area (Å²) in [5, 5.41) is 4.23. The Balaban J connectivity index is 2.41. The van der Waals surface area contributed by atoms with Crippen molar-refractivity contribution in [1.29, 1.82) is 0 Å². The van der Waals surface area contributed by atoms with Gasteiger partial charge in [-0.2, -0.15) is 0 Å². The first-order valence-electron chi connectivity index (χ1n) is 6.38. The molecule has 18 heavy (non-hydrogen) atoms. The molecule has 1 N–H and O–H groups in total. The molecule has 0 aliphatic heterocycles. The van der Waals surface area contributed by atoms with Crippen molar-refractivity contribution in [3.63, 3.8) is 0 Å². The third kappa shape index (κ3) is 6.10. The number of ether oxygens (including phenoxy) is 1. The van der Waals surface area contributed by atoms with Crippen molar-refractivity contribution in [3.8, 4) is 0 Å². The maximum atomic E-state index is 6.28. The third-order valence-electron chi connectivity index (χ3n) is 2.50. The van der Waals surface area contributed by atoms with Crippen LogP contribution in [0.3, 0.4) is 0 Å². The summed E-state index contributed by atoms with van der Waals surface area (Å²) in [7, 11) is 1.73. The zero-order valence-electron chi connectivity index (χ0n) is 11.2. The molecule has 0 radical (unpaired) electrons. The minimum absolute atomic E-state index is 0.809. The molecule has 0 saturated heterocycles. The van der Waals surface area contributed by atoms with Crippen LogP contribution in [-0.4, -0.2) is 26.0 Å². The lowest BCUT2D eigenvalue weighted by Gasteiger charge is -2.08. The largest absolute Gasteiger partial charge is 0.385 e. The van der Waals surface area contributed by atoms with Crippen molar-refractivity contribution in [2.45, 2.75) is 31.2 Å². The maximum absolute atomic E-state index is 6.28. The van der Waals surface area contributed by atoms with E-state index in [9.17, 15) is 0 Å². The summed E-state index contributed by atoms with van der Waals surface area (Å²) in [6, 6.07) is 6.32. The molecular formula is C14H22ClNOS. The first-order chi connectivity index (χ1) is 8.77. The van der Waals surface area contributed by atoms with Crippen molar-refractivity contribution in [2.75, 3.05) is 26.0 Å². The molecule has 0 aromatic heterocycles. The summed E-state index contributed by atoms with van der Waals surface area (Å²) in [6.07, 6.45) is 2.21. The lowest BCUT2D eigenvalue weighted by molar-refractivity contribution is 0.200. The highest BCUT2D eigenvalue weighted by Gasteiger charge is 2.02. The second-order valence-electron chi connectivity index (χ2n) is 4.14. The Hall–Kier alpha value is -0.220. The van der Waals surface area contributed by atoms with Crippen LogP contribution in [0, 0.1) is 0 Å². The molecule has 102 valence electrons. The maximum Gasteiger partial charge on any atom is 0.0545 e. The van der Waals surface area contributed by atoms with Gasteiger partial charge < -0.3 is 10.1 Å². The second-order valence-corrected chi connectivity index (χ2v) is 5.68. The Morgan fingerprint density at radius 2 is 2.22 bits per heavy atom. The van der Waals surface area contributed by atoms with Gasteiger partial charge in [-0.15, -0.1) is 11.8 Å². The monoisotopic (exact) mass is 287 g/mol. The molecule has 0 aliphatic carbocycles. The van der Waals surface area contributed by atoms with E-state index in [-0.39, 0.29) is 0 Å². The van der Waals surface area contributed by atoms with E-state index in [0.29, 0.717) is 0 Å². The van der Waals surface area contributed by atoms with E-state index in [4.69, 9.17) is 16.3 Å². The Bertz CT molecular complexity index is 347. The van der Waals surface area contributed by atoms with Crippen LogP contribution in [0.15, 0.2) is 23.1 Å². The Kier molecular flexibility index (Phi) is 8.51. The summed E-state index contributed by atoms with van der Waals surface area (Å²) in [5.74, 6) is 1.04. The number of rotatable bonds is 9. The van der Waals surface area contributed by atoms with Crippen LogP contribution < -0.4 is 5.32 Å². The van der Waals surface area contributed by atoms with Crippen LogP contribution >= 0.6 is 23.4 Å². The highest BCUT2D eigenvalue weighted by Crippen LogP contribution is 2.28. The molecule has 2 nitrogen and oxygen atoms in total. The van der Waals surface area contributed by atoms with E-state index in [0.717, 1.165) is 48.2 Å². The number of nitrogens with one attached hydrogen (secondary N) is 1. The van der Waals surface area contributed by atoms with Gasteiger partial charge in [0.15, 0.2) is 0 Å². The van der Waals surface area contributed by atoms with Gasteiger partial charge in [0.25, 0.3) is 0 Å². The molecule has 0 spiro atoms. The van der Waals surface area contributed by atoms with E-state index in [1.54, 1.807) is 18.9 Å². The van der Waals surface area contributed by atoms with Gasteiger partial charge in [-0.25, -0.2) is 0 Å². The topological polar surface area (TPSA) is 21.3 Å². The van der Waals surface area contributed by atoms with E-state index >= 15 is 0 Å². The molecule has 1 aromatic carbocycles. The molecule has 0 aliphatic rings. The summed E-state index contributed by atoms with van der Waals surface area (Å²) in [4.78, 5) is 1.16. The Morgan fingerprint density at radius 1 is 1.39 bits per heavy atom. The zero-order chi connectivity index (χ0) is 13.2. The molecule has 1 aromatic rings. The second kappa shape index (κ2) is 9.68. The zero-order valence-corrected chi connectivity index (χ0v) is 12.7. The highest BCUT2D eigenvalue weighted by molar-refractivity contribution is 7.99. The summed E-state index contributed by atoms with van der Waals surface area (Å²) < 4.78 is 5.03. The smallest absolute Gasteiger partial charge is 0.0545 e. The predicted octanol–water partition coefficient (Wildman–Crippen LogP) is 3.97. The first-order valence-corrected chi connectivity index (χ1v) is 7.75. The van der Waals surface area contributed by atoms with Gasteiger partial charge in [-0.3, -0.25) is 0 Å². The molecule has 1 rings (SSSR count). The van der Waals surface area contributed by atoms with Crippen LogP contribution in [0.4, 0.5) is 0 Å². The van der Waals surface area contributed by atoms with E-state index in [2.05, 4.69) is 30.4 Å². The Morgan fingerprint density at radius 3 is 2.89 bits per heavy atom.